The maximum atomic E-state index is 11.9. The molecular formula is C23H30N6O2. The van der Waals surface area contributed by atoms with Crippen LogP contribution in [0.2, 0.25) is 0 Å². The van der Waals surface area contributed by atoms with E-state index in [9.17, 15) is 4.79 Å². The third kappa shape index (κ3) is 3.96. The van der Waals surface area contributed by atoms with E-state index in [0.29, 0.717) is 18.1 Å². The number of rotatable bonds is 4. The van der Waals surface area contributed by atoms with Gasteiger partial charge in [0, 0.05) is 74.9 Å². The molecule has 4 heterocycles. The minimum absolute atomic E-state index is 0.153. The Bertz CT molecular complexity index is 909. The van der Waals surface area contributed by atoms with E-state index >= 15 is 0 Å². The lowest BCUT2D eigenvalue weighted by atomic mass is 9.78. The molecule has 3 aliphatic rings. The predicted octanol–water partition coefficient (Wildman–Crippen LogP) is 2.67. The SMILES string of the molecule is CCOC(=O)N1CC2(CC[C@@H](N3CCN(c4ncccc4-c4cnccn4)CC3)C2)C1. The number of ether oxygens (including phenoxy) is 1. The zero-order chi connectivity index (χ0) is 21.3. The molecule has 164 valence electrons. The van der Waals surface area contributed by atoms with Crippen molar-refractivity contribution in [2.24, 2.45) is 5.41 Å². The second kappa shape index (κ2) is 8.42. The first-order valence-electron chi connectivity index (χ1n) is 11.3. The van der Waals surface area contributed by atoms with E-state index in [1.54, 1.807) is 18.6 Å². The fourth-order valence-electron chi connectivity index (χ4n) is 5.47. The number of aromatic nitrogens is 3. The molecule has 0 N–H and O–H groups in total. The second-order valence-corrected chi connectivity index (χ2v) is 8.94. The van der Waals surface area contributed by atoms with Crippen LogP contribution in [0.1, 0.15) is 26.2 Å². The van der Waals surface area contributed by atoms with Gasteiger partial charge >= 0.3 is 6.09 Å². The molecule has 1 aliphatic carbocycles. The molecule has 2 saturated heterocycles. The number of hydrogen-bond acceptors (Lipinski definition) is 7. The third-order valence-corrected chi connectivity index (χ3v) is 7.01. The molecule has 8 heteroatoms. The van der Waals surface area contributed by atoms with E-state index in [1.165, 1.54) is 19.3 Å². The summed E-state index contributed by atoms with van der Waals surface area (Å²) in [6.45, 7) is 8.03. The molecule has 31 heavy (non-hydrogen) atoms. The topological polar surface area (TPSA) is 74.7 Å². The Hall–Kier alpha value is -2.74. The lowest BCUT2D eigenvalue weighted by Gasteiger charge is -2.48. The van der Waals surface area contributed by atoms with Gasteiger partial charge in [-0.25, -0.2) is 9.78 Å². The number of nitrogens with zero attached hydrogens (tertiary/aromatic N) is 6. The van der Waals surface area contributed by atoms with Crippen LogP contribution < -0.4 is 4.90 Å². The number of carbonyl (C=O) groups is 1. The molecule has 1 saturated carbocycles. The van der Waals surface area contributed by atoms with Gasteiger partial charge in [-0.15, -0.1) is 0 Å². The van der Waals surface area contributed by atoms with Gasteiger partial charge < -0.3 is 14.5 Å². The first kappa shape index (κ1) is 20.2. The zero-order valence-corrected chi connectivity index (χ0v) is 18.1. The molecule has 0 radical (unpaired) electrons. The van der Waals surface area contributed by atoms with Crippen LogP contribution >= 0.6 is 0 Å². The number of likely N-dealkylation sites (tertiary alicyclic amines) is 1. The van der Waals surface area contributed by atoms with Crippen molar-refractivity contribution in [3.8, 4) is 11.3 Å². The molecule has 1 amide bonds. The summed E-state index contributed by atoms with van der Waals surface area (Å²) in [5.41, 5.74) is 2.22. The Balaban J connectivity index is 1.18. The average molecular weight is 423 g/mol. The van der Waals surface area contributed by atoms with E-state index in [1.807, 2.05) is 24.1 Å². The van der Waals surface area contributed by atoms with Crippen molar-refractivity contribution >= 4 is 11.9 Å². The Labute approximate surface area is 183 Å². The molecule has 0 bridgehead atoms. The van der Waals surface area contributed by atoms with Gasteiger partial charge in [-0.05, 0) is 38.3 Å². The van der Waals surface area contributed by atoms with Crippen LogP contribution in [0.5, 0.6) is 0 Å². The van der Waals surface area contributed by atoms with Crippen molar-refractivity contribution in [2.45, 2.75) is 32.2 Å². The van der Waals surface area contributed by atoms with Crippen molar-refractivity contribution in [3.63, 3.8) is 0 Å². The Kier molecular flexibility index (Phi) is 5.48. The second-order valence-electron chi connectivity index (χ2n) is 8.94. The summed E-state index contributed by atoms with van der Waals surface area (Å²) in [5, 5.41) is 0. The fourth-order valence-corrected chi connectivity index (χ4v) is 5.47. The third-order valence-electron chi connectivity index (χ3n) is 7.01. The van der Waals surface area contributed by atoms with Gasteiger partial charge in [0.2, 0.25) is 0 Å². The lowest BCUT2D eigenvalue weighted by molar-refractivity contribution is -0.00294. The first-order valence-corrected chi connectivity index (χ1v) is 11.3. The van der Waals surface area contributed by atoms with E-state index in [2.05, 4.69) is 30.8 Å². The standard InChI is InChI=1S/C23H30N6O2/c1-2-31-22(30)29-16-23(17-29)6-5-18(14-23)27-10-12-28(13-11-27)21-19(4-3-7-26-21)20-15-24-8-9-25-20/h3-4,7-9,15,18H,2,5-6,10-14,16-17H2,1H3/t18-/m1/s1. The number of amides is 1. The average Bonchev–Trinajstić information content (AvgIpc) is 3.25. The van der Waals surface area contributed by atoms with Gasteiger partial charge in [-0.3, -0.25) is 14.9 Å². The highest BCUT2D eigenvalue weighted by molar-refractivity contribution is 5.72. The van der Waals surface area contributed by atoms with Gasteiger partial charge in [0.15, 0.2) is 0 Å². The van der Waals surface area contributed by atoms with Crippen molar-refractivity contribution in [3.05, 3.63) is 36.9 Å². The Morgan fingerprint density at radius 3 is 2.74 bits per heavy atom. The van der Waals surface area contributed by atoms with Crippen molar-refractivity contribution in [1.82, 2.24) is 24.8 Å². The predicted molar refractivity (Wildman–Crippen MR) is 118 cm³/mol. The van der Waals surface area contributed by atoms with E-state index in [-0.39, 0.29) is 6.09 Å². The van der Waals surface area contributed by atoms with Crippen LogP contribution in [-0.2, 0) is 4.74 Å². The molecule has 2 aromatic heterocycles. The van der Waals surface area contributed by atoms with Crippen molar-refractivity contribution in [2.75, 3.05) is 50.8 Å². The molecule has 1 spiro atoms. The molecule has 2 aromatic rings. The first-order chi connectivity index (χ1) is 15.2. The van der Waals surface area contributed by atoms with Crippen molar-refractivity contribution in [1.29, 1.82) is 0 Å². The number of piperazine rings is 1. The summed E-state index contributed by atoms with van der Waals surface area (Å²) in [6.07, 6.45) is 10.6. The maximum Gasteiger partial charge on any atom is 0.409 e. The molecule has 3 fully saturated rings. The van der Waals surface area contributed by atoms with Gasteiger partial charge in [0.25, 0.3) is 0 Å². The van der Waals surface area contributed by atoms with Gasteiger partial charge in [0.05, 0.1) is 18.5 Å². The van der Waals surface area contributed by atoms with Gasteiger partial charge in [0.1, 0.15) is 5.82 Å². The summed E-state index contributed by atoms with van der Waals surface area (Å²) in [6, 6.07) is 4.65. The summed E-state index contributed by atoms with van der Waals surface area (Å²) in [4.78, 5) is 32.2. The molecule has 1 atom stereocenters. The minimum atomic E-state index is -0.153. The highest BCUT2D eigenvalue weighted by atomic mass is 16.6. The van der Waals surface area contributed by atoms with Crippen LogP contribution in [0, 0.1) is 5.41 Å². The van der Waals surface area contributed by atoms with Gasteiger partial charge in [-0.1, -0.05) is 0 Å². The molecular weight excluding hydrogens is 392 g/mol. The highest BCUT2D eigenvalue weighted by Gasteiger charge is 2.51. The summed E-state index contributed by atoms with van der Waals surface area (Å²) in [5.74, 6) is 0.995. The Morgan fingerprint density at radius 2 is 2.00 bits per heavy atom. The number of anilines is 1. The molecule has 0 unspecified atom stereocenters. The van der Waals surface area contributed by atoms with E-state index in [0.717, 1.165) is 56.3 Å². The monoisotopic (exact) mass is 422 g/mol. The zero-order valence-electron chi connectivity index (χ0n) is 18.1. The summed E-state index contributed by atoms with van der Waals surface area (Å²) < 4.78 is 5.14. The van der Waals surface area contributed by atoms with E-state index in [4.69, 9.17) is 4.74 Å². The highest BCUT2D eigenvalue weighted by Crippen LogP contribution is 2.47. The van der Waals surface area contributed by atoms with Crippen LogP contribution in [0.3, 0.4) is 0 Å². The molecule has 5 rings (SSSR count). The fraction of sp³-hybridized carbons (Fsp3) is 0.565. The summed E-state index contributed by atoms with van der Waals surface area (Å²) >= 11 is 0. The van der Waals surface area contributed by atoms with Crippen LogP contribution in [0.25, 0.3) is 11.3 Å². The maximum absolute atomic E-state index is 11.9. The number of pyridine rings is 1. The van der Waals surface area contributed by atoms with Gasteiger partial charge in [-0.2, -0.15) is 0 Å². The van der Waals surface area contributed by atoms with Crippen LogP contribution in [0.15, 0.2) is 36.9 Å². The van der Waals surface area contributed by atoms with E-state index < -0.39 is 0 Å². The number of carbonyl (C=O) groups excluding carboxylic acids is 1. The largest absolute Gasteiger partial charge is 0.450 e. The lowest BCUT2D eigenvalue weighted by Crippen LogP contribution is -2.58. The summed E-state index contributed by atoms with van der Waals surface area (Å²) in [7, 11) is 0. The molecule has 2 aliphatic heterocycles. The van der Waals surface area contributed by atoms with Crippen molar-refractivity contribution < 1.29 is 9.53 Å². The molecule has 8 nitrogen and oxygen atoms in total. The minimum Gasteiger partial charge on any atom is -0.450 e. The quantitative estimate of drug-likeness (QED) is 0.750. The number of hydrogen-bond donors (Lipinski definition) is 0. The van der Waals surface area contributed by atoms with Crippen LogP contribution in [-0.4, -0.2) is 82.8 Å². The Morgan fingerprint density at radius 1 is 1.16 bits per heavy atom. The molecule has 0 aromatic carbocycles. The normalized spacial score (nSPS) is 23.1. The van der Waals surface area contributed by atoms with Crippen LogP contribution in [0.4, 0.5) is 10.6 Å². The smallest absolute Gasteiger partial charge is 0.409 e.